The summed E-state index contributed by atoms with van der Waals surface area (Å²) in [5.74, 6) is 0. The predicted octanol–water partition coefficient (Wildman–Crippen LogP) is 2.69. The summed E-state index contributed by atoms with van der Waals surface area (Å²) >= 11 is 0. The molecule has 0 saturated heterocycles. The van der Waals surface area contributed by atoms with Crippen molar-refractivity contribution >= 4 is 8.03 Å². The van der Waals surface area contributed by atoms with Crippen LogP contribution in [0.1, 0.15) is 33.1 Å². The van der Waals surface area contributed by atoms with Crippen molar-refractivity contribution in [1.82, 2.24) is 0 Å². The molecule has 10 heavy (non-hydrogen) atoms. The smallest absolute Gasteiger partial charge is 0.191 e. The van der Waals surface area contributed by atoms with Gasteiger partial charge in [-0.1, -0.05) is 19.8 Å². The molecule has 62 valence electrons. The van der Waals surface area contributed by atoms with Crippen molar-refractivity contribution in [2.24, 2.45) is 0 Å². The van der Waals surface area contributed by atoms with E-state index in [-0.39, 0.29) is 0 Å². The van der Waals surface area contributed by atoms with Gasteiger partial charge in [0, 0.05) is 6.16 Å². The summed E-state index contributed by atoms with van der Waals surface area (Å²) < 4.78 is 15.8. The quantitative estimate of drug-likeness (QED) is 0.445. The third-order valence-electron chi connectivity index (χ3n) is 1.29. The molecule has 0 saturated carbocycles. The molecule has 0 aliphatic rings. The number of hydrogen-bond acceptors (Lipinski definition) is 2. The van der Waals surface area contributed by atoms with E-state index < -0.39 is 8.03 Å². The van der Waals surface area contributed by atoms with E-state index >= 15 is 0 Å². The molecule has 0 aliphatic heterocycles. The summed E-state index contributed by atoms with van der Waals surface area (Å²) in [5.41, 5.74) is 0. The Bertz CT molecular complexity index is 93.6. The molecule has 0 aromatic carbocycles. The molecule has 0 aliphatic carbocycles. The molecule has 0 aromatic rings. The monoisotopic (exact) mass is 164 g/mol. The van der Waals surface area contributed by atoms with E-state index in [0.717, 1.165) is 12.6 Å². The van der Waals surface area contributed by atoms with Crippen LogP contribution in [-0.2, 0) is 9.09 Å². The zero-order chi connectivity index (χ0) is 7.82. The van der Waals surface area contributed by atoms with Gasteiger partial charge in [0.15, 0.2) is 8.03 Å². The topological polar surface area (TPSA) is 26.3 Å². The highest BCUT2D eigenvalue weighted by Crippen LogP contribution is 2.23. The largest absolute Gasteiger partial charge is 0.331 e. The molecule has 0 radical (unpaired) electrons. The van der Waals surface area contributed by atoms with Gasteiger partial charge in [-0.25, -0.2) is 0 Å². The third kappa shape index (κ3) is 6.31. The zero-order valence-electron chi connectivity index (χ0n) is 6.85. The van der Waals surface area contributed by atoms with Crippen LogP contribution in [0.5, 0.6) is 0 Å². The van der Waals surface area contributed by atoms with Crippen molar-refractivity contribution < 1.29 is 9.09 Å². The molecule has 0 heterocycles. The van der Waals surface area contributed by atoms with E-state index in [0.29, 0.717) is 6.61 Å². The standard InChI is InChI=1S/C7H17O2P/c1-3-5-6-7-10(8)9-4-2/h10H,3-7H2,1-2H3. The first-order valence-corrected chi connectivity index (χ1v) is 5.49. The zero-order valence-corrected chi connectivity index (χ0v) is 7.85. The summed E-state index contributed by atoms with van der Waals surface area (Å²) in [4.78, 5) is 0. The van der Waals surface area contributed by atoms with Crippen LogP contribution in [0.15, 0.2) is 0 Å². The average molecular weight is 164 g/mol. The average Bonchev–Trinajstić information content (AvgIpc) is 1.89. The molecular weight excluding hydrogens is 147 g/mol. The lowest BCUT2D eigenvalue weighted by molar-refractivity contribution is 0.349. The predicted molar refractivity (Wildman–Crippen MR) is 45.0 cm³/mol. The van der Waals surface area contributed by atoms with Crippen LogP contribution in [0.3, 0.4) is 0 Å². The molecule has 0 bridgehead atoms. The van der Waals surface area contributed by atoms with Gasteiger partial charge >= 0.3 is 0 Å². The Morgan fingerprint density at radius 1 is 1.30 bits per heavy atom. The summed E-state index contributed by atoms with van der Waals surface area (Å²) in [7, 11) is -1.66. The highest BCUT2D eigenvalue weighted by atomic mass is 31.1. The molecule has 3 heteroatoms. The number of unbranched alkanes of at least 4 members (excludes halogenated alkanes) is 2. The van der Waals surface area contributed by atoms with Crippen molar-refractivity contribution in [3.8, 4) is 0 Å². The van der Waals surface area contributed by atoms with Crippen LogP contribution >= 0.6 is 8.03 Å². The van der Waals surface area contributed by atoms with Gasteiger partial charge in [0.1, 0.15) is 0 Å². The van der Waals surface area contributed by atoms with Gasteiger partial charge in [0.25, 0.3) is 0 Å². The summed E-state index contributed by atoms with van der Waals surface area (Å²) in [6.07, 6.45) is 4.17. The fraction of sp³-hybridized carbons (Fsp3) is 1.00. The van der Waals surface area contributed by atoms with Crippen LogP contribution in [0.2, 0.25) is 0 Å². The van der Waals surface area contributed by atoms with Crippen LogP contribution in [-0.4, -0.2) is 12.8 Å². The first kappa shape index (κ1) is 10.2. The van der Waals surface area contributed by atoms with Crippen molar-refractivity contribution in [3.05, 3.63) is 0 Å². The number of hydrogen-bond donors (Lipinski definition) is 0. The van der Waals surface area contributed by atoms with Crippen molar-refractivity contribution in [3.63, 3.8) is 0 Å². The number of rotatable bonds is 6. The minimum absolute atomic E-state index is 0.587. The summed E-state index contributed by atoms with van der Waals surface area (Å²) in [6, 6.07) is 0. The van der Waals surface area contributed by atoms with Crippen molar-refractivity contribution in [2.45, 2.75) is 33.1 Å². The molecule has 2 nitrogen and oxygen atoms in total. The second kappa shape index (κ2) is 7.30. The van der Waals surface area contributed by atoms with Crippen molar-refractivity contribution in [1.29, 1.82) is 0 Å². The van der Waals surface area contributed by atoms with Gasteiger partial charge < -0.3 is 4.52 Å². The van der Waals surface area contributed by atoms with Gasteiger partial charge in [-0.15, -0.1) is 0 Å². The summed E-state index contributed by atoms with van der Waals surface area (Å²) in [6.45, 7) is 4.60. The molecular formula is C7H17O2P. The van der Waals surface area contributed by atoms with Gasteiger partial charge in [-0.05, 0) is 13.3 Å². The van der Waals surface area contributed by atoms with Crippen LogP contribution in [0.25, 0.3) is 0 Å². The minimum Gasteiger partial charge on any atom is -0.331 e. The lowest BCUT2D eigenvalue weighted by atomic mass is 10.3. The Balaban J connectivity index is 3.05. The minimum atomic E-state index is -1.66. The molecule has 0 fully saturated rings. The Labute approximate surface area is 63.8 Å². The van der Waals surface area contributed by atoms with E-state index in [1.165, 1.54) is 12.8 Å². The SMILES string of the molecule is CCCCC[PH](=O)OCC. The fourth-order valence-corrected chi connectivity index (χ4v) is 1.76. The molecule has 0 aromatic heterocycles. The first-order chi connectivity index (χ1) is 4.81. The fourth-order valence-electron chi connectivity index (χ4n) is 0.752. The molecule has 0 rings (SSSR count). The maximum absolute atomic E-state index is 10.9. The van der Waals surface area contributed by atoms with E-state index in [1.807, 2.05) is 6.92 Å². The second-order valence-corrected chi connectivity index (χ2v) is 3.79. The molecule has 0 N–H and O–H groups in total. The Kier molecular flexibility index (Phi) is 7.44. The van der Waals surface area contributed by atoms with Gasteiger partial charge in [-0.3, -0.25) is 4.57 Å². The Hall–Kier alpha value is 0.190. The van der Waals surface area contributed by atoms with E-state index in [1.54, 1.807) is 0 Å². The third-order valence-corrected chi connectivity index (χ3v) is 2.66. The van der Waals surface area contributed by atoms with Crippen LogP contribution in [0, 0.1) is 0 Å². The molecule has 1 atom stereocenters. The first-order valence-electron chi connectivity index (χ1n) is 3.96. The summed E-state index contributed by atoms with van der Waals surface area (Å²) in [5, 5.41) is 0. The van der Waals surface area contributed by atoms with Gasteiger partial charge in [0.05, 0.1) is 6.61 Å². The lowest BCUT2D eigenvalue weighted by Crippen LogP contribution is -1.83. The second-order valence-electron chi connectivity index (χ2n) is 2.26. The maximum Gasteiger partial charge on any atom is 0.191 e. The van der Waals surface area contributed by atoms with Gasteiger partial charge in [-0.2, -0.15) is 0 Å². The van der Waals surface area contributed by atoms with E-state index in [9.17, 15) is 4.57 Å². The molecule has 0 amide bonds. The van der Waals surface area contributed by atoms with Crippen LogP contribution < -0.4 is 0 Å². The normalized spacial score (nSPS) is 13.4. The highest BCUT2D eigenvalue weighted by Gasteiger charge is 1.95. The maximum atomic E-state index is 10.9. The van der Waals surface area contributed by atoms with Gasteiger partial charge in [0.2, 0.25) is 0 Å². The molecule has 1 unspecified atom stereocenters. The lowest BCUT2D eigenvalue weighted by Gasteiger charge is -1.99. The van der Waals surface area contributed by atoms with Crippen LogP contribution in [0.4, 0.5) is 0 Å². The van der Waals surface area contributed by atoms with E-state index in [4.69, 9.17) is 4.52 Å². The Morgan fingerprint density at radius 2 is 2.00 bits per heavy atom. The highest BCUT2D eigenvalue weighted by molar-refractivity contribution is 7.39. The molecule has 0 spiro atoms. The van der Waals surface area contributed by atoms with Crippen molar-refractivity contribution in [2.75, 3.05) is 12.8 Å². The van der Waals surface area contributed by atoms with E-state index in [2.05, 4.69) is 6.92 Å². The Morgan fingerprint density at radius 3 is 2.50 bits per heavy atom.